The maximum atomic E-state index is 8.59. The van der Waals surface area contributed by atoms with Gasteiger partial charge in [0.05, 0.1) is 12.7 Å². The molecule has 86 valence electrons. The molecule has 0 bridgehead atoms. The second-order valence-corrected chi connectivity index (χ2v) is 4.97. The lowest BCUT2D eigenvalue weighted by Crippen LogP contribution is -2.06. The number of ether oxygens (including phenoxy) is 1. The van der Waals surface area contributed by atoms with Gasteiger partial charge in [-0.25, -0.2) is 0 Å². The number of hydrogen-bond donors (Lipinski definition) is 1. The molecule has 0 unspecified atom stereocenters. The Labute approximate surface area is 100 Å². The van der Waals surface area contributed by atoms with Gasteiger partial charge in [-0.3, -0.25) is 0 Å². The van der Waals surface area contributed by atoms with Crippen molar-refractivity contribution < 1.29 is 9.84 Å². The maximum Gasteiger partial charge on any atom is 0.104 e. The van der Waals surface area contributed by atoms with Crippen molar-refractivity contribution in [1.82, 2.24) is 0 Å². The van der Waals surface area contributed by atoms with Crippen LogP contribution in [0.1, 0.15) is 36.1 Å². The minimum atomic E-state index is -0.0796. The Bertz CT molecular complexity index is 380. The van der Waals surface area contributed by atoms with Crippen LogP contribution in [-0.4, -0.2) is 17.8 Å². The van der Waals surface area contributed by atoms with E-state index in [1.807, 2.05) is 11.4 Å². The second-order valence-electron chi connectivity index (χ2n) is 3.98. The molecule has 0 aliphatic heterocycles. The van der Waals surface area contributed by atoms with Crippen LogP contribution < -0.4 is 0 Å². The van der Waals surface area contributed by atoms with Gasteiger partial charge in [0.15, 0.2) is 0 Å². The molecule has 1 aromatic heterocycles. The van der Waals surface area contributed by atoms with Crippen LogP contribution >= 0.6 is 11.3 Å². The molecule has 0 radical (unpaired) electrons. The Morgan fingerprint density at radius 1 is 1.44 bits per heavy atom. The summed E-state index contributed by atoms with van der Waals surface area (Å²) in [6.45, 7) is 0.625. The van der Waals surface area contributed by atoms with Crippen molar-refractivity contribution in [1.29, 1.82) is 0 Å². The number of thiophene rings is 1. The summed E-state index contributed by atoms with van der Waals surface area (Å²) in [5.74, 6) is 5.54. The lowest BCUT2D eigenvalue weighted by atomic mass is 10.3. The summed E-state index contributed by atoms with van der Waals surface area (Å²) in [5.41, 5.74) is 0.976. The first-order valence-corrected chi connectivity index (χ1v) is 6.55. The van der Waals surface area contributed by atoms with Crippen molar-refractivity contribution in [3.8, 4) is 11.8 Å². The Morgan fingerprint density at radius 3 is 3.00 bits per heavy atom. The van der Waals surface area contributed by atoms with E-state index in [2.05, 4.69) is 11.8 Å². The molecular formula is C13H16O2S. The van der Waals surface area contributed by atoms with E-state index in [-0.39, 0.29) is 6.61 Å². The Balaban J connectivity index is 1.82. The van der Waals surface area contributed by atoms with Gasteiger partial charge in [0.2, 0.25) is 0 Å². The summed E-state index contributed by atoms with van der Waals surface area (Å²) in [4.78, 5) is 1.22. The highest BCUT2D eigenvalue weighted by atomic mass is 32.1. The van der Waals surface area contributed by atoms with Crippen molar-refractivity contribution in [3.05, 3.63) is 21.9 Å². The van der Waals surface area contributed by atoms with Crippen LogP contribution in [0.2, 0.25) is 0 Å². The average molecular weight is 236 g/mol. The first kappa shape index (κ1) is 11.7. The highest BCUT2D eigenvalue weighted by Crippen LogP contribution is 2.23. The minimum absolute atomic E-state index is 0.0796. The zero-order chi connectivity index (χ0) is 11.2. The van der Waals surface area contributed by atoms with Crippen LogP contribution in [-0.2, 0) is 11.3 Å². The van der Waals surface area contributed by atoms with Gasteiger partial charge in [0.1, 0.15) is 6.61 Å². The van der Waals surface area contributed by atoms with E-state index in [0.717, 1.165) is 5.56 Å². The molecule has 0 amide bonds. The van der Waals surface area contributed by atoms with Crippen LogP contribution in [0.25, 0.3) is 0 Å². The molecular weight excluding hydrogens is 220 g/mol. The summed E-state index contributed by atoms with van der Waals surface area (Å²) in [6.07, 6.45) is 5.50. The Kier molecular flexibility index (Phi) is 4.41. The lowest BCUT2D eigenvalue weighted by Gasteiger charge is -2.08. The smallest absolute Gasteiger partial charge is 0.104 e. The fourth-order valence-electron chi connectivity index (χ4n) is 1.92. The molecule has 1 aliphatic rings. The molecule has 0 spiro atoms. The van der Waals surface area contributed by atoms with E-state index in [1.165, 1.54) is 30.6 Å². The first-order chi connectivity index (χ1) is 7.88. The summed E-state index contributed by atoms with van der Waals surface area (Å²) in [6, 6.07) is 2.04. The van der Waals surface area contributed by atoms with E-state index < -0.39 is 0 Å². The fraction of sp³-hybridized carbons (Fsp3) is 0.538. The highest BCUT2D eigenvalue weighted by Gasteiger charge is 2.15. The molecule has 1 N–H and O–H groups in total. The summed E-state index contributed by atoms with van der Waals surface area (Å²) in [5, 5.41) is 10.6. The van der Waals surface area contributed by atoms with Gasteiger partial charge in [-0.15, -0.1) is 11.3 Å². The van der Waals surface area contributed by atoms with E-state index in [1.54, 1.807) is 11.3 Å². The number of aliphatic hydroxyl groups excluding tert-OH is 1. The van der Waals surface area contributed by atoms with Gasteiger partial charge in [0, 0.05) is 15.8 Å². The van der Waals surface area contributed by atoms with E-state index in [0.29, 0.717) is 12.7 Å². The zero-order valence-corrected chi connectivity index (χ0v) is 10.1. The largest absolute Gasteiger partial charge is 0.384 e. The zero-order valence-electron chi connectivity index (χ0n) is 9.24. The summed E-state index contributed by atoms with van der Waals surface area (Å²) in [7, 11) is 0. The minimum Gasteiger partial charge on any atom is -0.384 e. The molecule has 1 aliphatic carbocycles. The van der Waals surface area contributed by atoms with Gasteiger partial charge >= 0.3 is 0 Å². The molecule has 0 atom stereocenters. The molecule has 0 aromatic carbocycles. The van der Waals surface area contributed by atoms with E-state index >= 15 is 0 Å². The van der Waals surface area contributed by atoms with Crippen molar-refractivity contribution in [2.75, 3.05) is 6.61 Å². The predicted octanol–water partition coefficient (Wildman–Crippen LogP) is 2.55. The Hall–Kier alpha value is -0.820. The molecule has 1 saturated carbocycles. The highest BCUT2D eigenvalue weighted by molar-refractivity contribution is 7.10. The van der Waals surface area contributed by atoms with Crippen molar-refractivity contribution >= 4 is 11.3 Å². The van der Waals surface area contributed by atoms with E-state index in [4.69, 9.17) is 9.84 Å². The predicted molar refractivity (Wildman–Crippen MR) is 65.3 cm³/mol. The Morgan fingerprint density at radius 2 is 2.25 bits per heavy atom. The molecule has 1 heterocycles. The van der Waals surface area contributed by atoms with Crippen molar-refractivity contribution in [2.24, 2.45) is 0 Å². The average Bonchev–Trinajstić information content (AvgIpc) is 2.95. The third-order valence-electron chi connectivity index (χ3n) is 2.73. The molecule has 2 nitrogen and oxygen atoms in total. The number of hydrogen-bond acceptors (Lipinski definition) is 3. The standard InChI is InChI=1S/C13H16O2S/c14-7-3-4-11-8-13(16-10-11)9-15-12-5-1-2-6-12/h8,10,12,14H,1-2,5-7,9H2. The lowest BCUT2D eigenvalue weighted by molar-refractivity contribution is 0.0473. The first-order valence-electron chi connectivity index (χ1n) is 5.67. The van der Waals surface area contributed by atoms with E-state index in [9.17, 15) is 0 Å². The van der Waals surface area contributed by atoms with Crippen LogP contribution in [0, 0.1) is 11.8 Å². The number of aliphatic hydroxyl groups is 1. The topological polar surface area (TPSA) is 29.5 Å². The van der Waals surface area contributed by atoms with Crippen LogP contribution in [0.4, 0.5) is 0 Å². The van der Waals surface area contributed by atoms with Crippen LogP contribution in [0.3, 0.4) is 0 Å². The third-order valence-corrected chi connectivity index (χ3v) is 3.64. The quantitative estimate of drug-likeness (QED) is 0.817. The van der Waals surface area contributed by atoms with Gasteiger partial charge < -0.3 is 9.84 Å². The fourth-order valence-corrected chi connectivity index (χ4v) is 2.65. The van der Waals surface area contributed by atoms with Crippen molar-refractivity contribution in [3.63, 3.8) is 0 Å². The molecule has 1 aromatic rings. The normalized spacial score (nSPS) is 16.1. The van der Waals surface area contributed by atoms with Crippen LogP contribution in [0.5, 0.6) is 0 Å². The van der Waals surface area contributed by atoms with Gasteiger partial charge in [-0.1, -0.05) is 24.7 Å². The monoisotopic (exact) mass is 236 g/mol. The maximum absolute atomic E-state index is 8.59. The molecule has 16 heavy (non-hydrogen) atoms. The third kappa shape index (κ3) is 3.34. The SMILES string of the molecule is OCC#Cc1csc(COC2CCCC2)c1. The molecule has 0 saturated heterocycles. The second kappa shape index (κ2) is 6.05. The molecule has 2 rings (SSSR count). The van der Waals surface area contributed by atoms with Gasteiger partial charge in [-0.05, 0) is 18.9 Å². The number of rotatable bonds is 3. The van der Waals surface area contributed by atoms with Gasteiger partial charge in [-0.2, -0.15) is 0 Å². The van der Waals surface area contributed by atoms with Crippen molar-refractivity contribution in [2.45, 2.75) is 38.4 Å². The van der Waals surface area contributed by atoms with Gasteiger partial charge in [0.25, 0.3) is 0 Å². The molecule has 1 fully saturated rings. The summed E-state index contributed by atoms with van der Waals surface area (Å²) >= 11 is 1.67. The molecule has 3 heteroatoms. The van der Waals surface area contributed by atoms with Crippen LogP contribution in [0.15, 0.2) is 11.4 Å². The summed E-state index contributed by atoms with van der Waals surface area (Å²) < 4.78 is 5.82.